The quantitative estimate of drug-likeness (QED) is 0.792. The van der Waals surface area contributed by atoms with E-state index in [-0.39, 0.29) is 12.1 Å². The molecule has 17 heavy (non-hydrogen) atoms. The van der Waals surface area contributed by atoms with E-state index in [2.05, 4.69) is 18.8 Å². The molecule has 0 bridgehead atoms. The first kappa shape index (κ1) is 14.1. The number of nitrogens with zero attached hydrogens (tertiary/aromatic N) is 1. The second-order valence-corrected chi connectivity index (χ2v) is 4.79. The molecule has 0 spiro atoms. The maximum atomic E-state index is 5.98. The van der Waals surface area contributed by atoms with Crippen molar-refractivity contribution in [1.29, 1.82) is 0 Å². The van der Waals surface area contributed by atoms with Gasteiger partial charge in [0.25, 0.3) is 0 Å². The van der Waals surface area contributed by atoms with E-state index in [9.17, 15) is 0 Å². The Hall–Kier alpha value is -0.930. The van der Waals surface area contributed by atoms with Crippen LogP contribution in [-0.4, -0.2) is 17.6 Å². The predicted octanol–water partition coefficient (Wildman–Crippen LogP) is 2.92. The zero-order valence-corrected chi connectivity index (χ0v) is 11.1. The molecule has 3 unspecified atom stereocenters. The molecule has 1 aromatic heterocycles. The molecule has 0 saturated heterocycles. The van der Waals surface area contributed by atoms with Gasteiger partial charge in [0.05, 0.1) is 12.7 Å². The number of hydrogen-bond acceptors (Lipinski definition) is 3. The van der Waals surface area contributed by atoms with E-state index in [1.54, 1.807) is 6.20 Å². The summed E-state index contributed by atoms with van der Waals surface area (Å²) in [4.78, 5) is 4.12. The van der Waals surface area contributed by atoms with Crippen molar-refractivity contribution < 1.29 is 4.74 Å². The fourth-order valence-electron chi connectivity index (χ4n) is 1.94. The number of nitrogens with two attached hydrogens (primary N) is 1. The molecule has 0 amide bonds. The summed E-state index contributed by atoms with van der Waals surface area (Å²) in [6.07, 6.45) is 5.93. The Kier molecular flexibility index (Phi) is 6.16. The van der Waals surface area contributed by atoms with Crippen LogP contribution in [0.3, 0.4) is 0 Å². The van der Waals surface area contributed by atoms with Gasteiger partial charge in [-0.3, -0.25) is 4.98 Å². The van der Waals surface area contributed by atoms with Crippen LogP contribution in [0.1, 0.15) is 45.3 Å². The molecule has 0 fully saturated rings. The van der Waals surface area contributed by atoms with Crippen molar-refractivity contribution in [3.05, 3.63) is 30.1 Å². The topological polar surface area (TPSA) is 48.1 Å². The van der Waals surface area contributed by atoms with Crippen LogP contribution in [0.15, 0.2) is 24.5 Å². The Labute approximate surface area is 104 Å². The van der Waals surface area contributed by atoms with Gasteiger partial charge >= 0.3 is 0 Å². The summed E-state index contributed by atoms with van der Waals surface area (Å²) in [7, 11) is 0. The SMILES string of the molecule is CCCC(C)COC(c1cccnc1)C(C)N. The highest BCUT2D eigenvalue weighted by Crippen LogP contribution is 2.21. The van der Waals surface area contributed by atoms with Gasteiger partial charge < -0.3 is 10.5 Å². The monoisotopic (exact) mass is 236 g/mol. The molecule has 1 heterocycles. The lowest BCUT2D eigenvalue weighted by molar-refractivity contribution is 0.0171. The molecule has 0 saturated carbocycles. The lowest BCUT2D eigenvalue weighted by atomic mass is 10.0. The van der Waals surface area contributed by atoms with E-state index in [0.29, 0.717) is 5.92 Å². The Bertz CT molecular complexity index is 300. The zero-order chi connectivity index (χ0) is 12.7. The third kappa shape index (κ3) is 4.84. The first-order valence-corrected chi connectivity index (χ1v) is 6.42. The average molecular weight is 236 g/mol. The number of hydrogen-bond donors (Lipinski definition) is 1. The number of rotatable bonds is 7. The normalized spacial score (nSPS) is 16.5. The van der Waals surface area contributed by atoms with Crippen molar-refractivity contribution in [2.75, 3.05) is 6.61 Å². The highest BCUT2D eigenvalue weighted by atomic mass is 16.5. The van der Waals surface area contributed by atoms with Crippen molar-refractivity contribution in [3.8, 4) is 0 Å². The molecule has 1 aromatic rings. The van der Waals surface area contributed by atoms with Gasteiger partial charge in [0.1, 0.15) is 0 Å². The molecule has 1 rings (SSSR count). The van der Waals surface area contributed by atoms with Gasteiger partial charge in [-0.1, -0.05) is 26.3 Å². The van der Waals surface area contributed by atoms with Gasteiger partial charge in [-0.05, 0) is 25.3 Å². The van der Waals surface area contributed by atoms with Crippen molar-refractivity contribution >= 4 is 0 Å². The number of pyridine rings is 1. The second kappa shape index (κ2) is 7.41. The molecular weight excluding hydrogens is 212 g/mol. The zero-order valence-electron chi connectivity index (χ0n) is 11.1. The van der Waals surface area contributed by atoms with Crippen LogP contribution >= 0.6 is 0 Å². The van der Waals surface area contributed by atoms with Gasteiger partial charge in [0.2, 0.25) is 0 Å². The lowest BCUT2D eigenvalue weighted by Gasteiger charge is -2.23. The summed E-state index contributed by atoms with van der Waals surface area (Å²) in [5.41, 5.74) is 7.04. The van der Waals surface area contributed by atoms with E-state index in [4.69, 9.17) is 10.5 Å². The van der Waals surface area contributed by atoms with E-state index < -0.39 is 0 Å². The van der Waals surface area contributed by atoms with Crippen LogP contribution in [-0.2, 0) is 4.74 Å². The lowest BCUT2D eigenvalue weighted by Crippen LogP contribution is -2.28. The summed E-state index contributed by atoms with van der Waals surface area (Å²) in [5.74, 6) is 0.581. The van der Waals surface area contributed by atoms with Crippen LogP contribution in [0.2, 0.25) is 0 Å². The van der Waals surface area contributed by atoms with E-state index in [0.717, 1.165) is 12.2 Å². The Morgan fingerprint density at radius 1 is 1.41 bits per heavy atom. The third-order valence-electron chi connectivity index (χ3n) is 2.83. The van der Waals surface area contributed by atoms with Crippen molar-refractivity contribution in [1.82, 2.24) is 4.98 Å². The average Bonchev–Trinajstić information content (AvgIpc) is 2.30. The van der Waals surface area contributed by atoms with E-state index >= 15 is 0 Å². The summed E-state index contributed by atoms with van der Waals surface area (Å²) < 4.78 is 5.94. The fraction of sp³-hybridized carbons (Fsp3) is 0.643. The van der Waals surface area contributed by atoms with Gasteiger partial charge in [0.15, 0.2) is 0 Å². The smallest absolute Gasteiger partial charge is 0.0987 e. The molecule has 0 aliphatic heterocycles. The van der Waals surface area contributed by atoms with Crippen LogP contribution in [0.25, 0.3) is 0 Å². The van der Waals surface area contributed by atoms with E-state index in [1.165, 1.54) is 12.8 Å². The summed E-state index contributed by atoms with van der Waals surface area (Å²) in [6, 6.07) is 3.92. The summed E-state index contributed by atoms with van der Waals surface area (Å²) in [5, 5.41) is 0. The minimum Gasteiger partial charge on any atom is -0.372 e. The fourth-order valence-corrected chi connectivity index (χ4v) is 1.94. The van der Waals surface area contributed by atoms with Crippen LogP contribution in [0.4, 0.5) is 0 Å². The van der Waals surface area contributed by atoms with E-state index in [1.807, 2.05) is 25.3 Å². The highest BCUT2D eigenvalue weighted by molar-refractivity contribution is 5.13. The van der Waals surface area contributed by atoms with Crippen molar-refractivity contribution in [3.63, 3.8) is 0 Å². The minimum absolute atomic E-state index is 0.0203. The summed E-state index contributed by atoms with van der Waals surface area (Å²) in [6.45, 7) is 7.14. The number of aromatic nitrogens is 1. The molecule has 0 aromatic carbocycles. The molecule has 3 heteroatoms. The molecule has 2 N–H and O–H groups in total. The first-order chi connectivity index (χ1) is 8.15. The van der Waals surface area contributed by atoms with Crippen LogP contribution in [0, 0.1) is 5.92 Å². The van der Waals surface area contributed by atoms with Gasteiger partial charge in [-0.25, -0.2) is 0 Å². The number of ether oxygens (including phenoxy) is 1. The van der Waals surface area contributed by atoms with Crippen LogP contribution < -0.4 is 5.73 Å². The van der Waals surface area contributed by atoms with Crippen molar-refractivity contribution in [2.24, 2.45) is 11.7 Å². The molecule has 0 radical (unpaired) electrons. The molecule has 0 aliphatic rings. The second-order valence-electron chi connectivity index (χ2n) is 4.79. The maximum Gasteiger partial charge on any atom is 0.0987 e. The largest absolute Gasteiger partial charge is 0.372 e. The van der Waals surface area contributed by atoms with Crippen LogP contribution in [0.5, 0.6) is 0 Å². The van der Waals surface area contributed by atoms with Gasteiger partial charge in [0, 0.05) is 24.0 Å². The Balaban J connectivity index is 2.56. The summed E-state index contributed by atoms with van der Waals surface area (Å²) >= 11 is 0. The maximum absolute atomic E-state index is 5.98. The standard InChI is InChI=1S/C14H24N2O/c1-4-6-11(2)10-17-14(12(3)15)13-7-5-8-16-9-13/h5,7-9,11-12,14H,4,6,10,15H2,1-3H3. The highest BCUT2D eigenvalue weighted by Gasteiger charge is 2.17. The third-order valence-corrected chi connectivity index (χ3v) is 2.83. The Morgan fingerprint density at radius 3 is 2.71 bits per heavy atom. The molecule has 3 atom stereocenters. The predicted molar refractivity (Wildman–Crippen MR) is 70.7 cm³/mol. The first-order valence-electron chi connectivity index (χ1n) is 6.42. The molecule has 3 nitrogen and oxygen atoms in total. The Morgan fingerprint density at radius 2 is 2.18 bits per heavy atom. The van der Waals surface area contributed by atoms with Crippen molar-refractivity contribution in [2.45, 2.75) is 45.8 Å². The molecule has 0 aliphatic carbocycles. The van der Waals surface area contributed by atoms with Gasteiger partial charge in [-0.15, -0.1) is 0 Å². The molecule has 96 valence electrons. The molecular formula is C14H24N2O. The minimum atomic E-state index is -0.0528. The van der Waals surface area contributed by atoms with Gasteiger partial charge in [-0.2, -0.15) is 0 Å².